The maximum atomic E-state index is 11.4. The van der Waals surface area contributed by atoms with Gasteiger partial charge in [-0.3, -0.25) is 14.5 Å². The molecule has 0 aliphatic carbocycles. The van der Waals surface area contributed by atoms with Crippen LogP contribution in [0.25, 0.3) is 22.2 Å². The fraction of sp³-hybridized carbons (Fsp3) is 0.0952. The molecule has 0 atom stereocenters. The number of nitrogens with two attached hydrogens (primary N) is 1. The van der Waals surface area contributed by atoms with E-state index >= 15 is 0 Å². The van der Waals surface area contributed by atoms with Gasteiger partial charge in [-0.2, -0.15) is 5.10 Å². The second-order valence-corrected chi connectivity index (χ2v) is 6.40. The second-order valence-electron chi connectivity index (χ2n) is 6.40. The summed E-state index contributed by atoms with van der Waals surface area (Å²) in [6.45, 7) is 1.85. The molecule has 4 aromatic rings. The van der Waals surface area contributed by atoms with Gasteiger partial charge in [0.15, 0.2) is 0 Å². The molecular formula is C21H18N4O2. The van der Waals surface area contributed by atoms with Gasteiger partial charge in [0, 0.05) is 42.0 Å². The number of aryl methyl sites for hydroxylation is 2. The smallest absolute Gasteiger partial charge is 0.248 e. The number of aromatic nitrogens is 3. The topological polar surface area (TPSA) is 83.0 Å². The van der Waals surface area contributed by atoms with Gasteiger partial charge in [-0.15, -0.1) is 0 Å². The highest BCUT2D eigenvalue weighted by Crippen LogP contribution is 2.28. The number of primary amides is 1. The van der Waals surface area contributed by atoms with Crippen LogP contribution in [0.4, 0.5) is 0 Å². The summed E-state index contributed by atoms with van der Waals surface area (Å²) in [4.78, 5) is 15.8. The Balaban J connectivity index is 1.63. The monoisotopic (exact) mass is 358 g/mol. The van der Waals surface area contributed by atoms with Gasteiger partial charge in [-0.25, -0.2) is 0 Å². The molecule has 1 amide bonds. The van der Waals surface area contributed by atoms with Crippen molar-refractivity contribution in [2.24, 2.45) is 12.8 Å². The summed E-state index contributed by atoms with van der Waals surface area (Å²) < 4.78 is 7.77. The van der Waals surface area contributed by atoms with Crippen molar-refractivity contribution in [1.29, 1.82) is 0 Å². The molecule has 0 radical (unpaired) electrons. The van der Waals surface area contributed by atoms with Gasteiger partial charge in [0.05, 0.1) is 11.2 Å². The van der Waals surface area contributed by atoms with E-state index in [4.69, 9.17) is 10.5 Å². The van der Waals surface area contributed by atoms with E-state index in [-0.39, 0.29) is 0 Å². The molecule has 4 rings (SSSR count). The molecule has 0 bridgehead atoms. The summed E-state index contributed by atoms with van der Waals surface area (Å²) in [7, 11) is 1.89. The van der Waals surface area contributed by atoms with Gasteiger partial charge >= 0.3 is 0 Å². The van der Waals surface area contributed by atoms with Gasteiger partial charge in [0.25, 0.3) is 0 Å². The lowest BCUT2D eigenvalue weighted by Crippen LogP contribution is -2.12. The third-order valence-corrected chi connectivity index (χ3v) is 4.35. The number of hydrogen-bond donors (Lipinski definition) is 1. The number of amides is 1. The minimum Gasteiger partial charge on any atom is -0.457 e. The van der Waals surface area contributed by atoms with Crippen LogP contribution >= 0.6 is 0 Å². The summed E-state index contributed by atoms with van der Waals surface area (Å²) >= 11 is 0. The Hall–Kier alpha value is -3.67. The van der Waals surface area contributed by atoms with Gasteiger partial charge in [-0.05, 0) is 48.9 Å². The number of ether oxygens (including phenoxy) is 1. The van der Waals surface area contributed by atoms with E-state index in [1.165, 1.54) is 0 Å². The number of carbonyl (C=O) groups excluding carboxylic acids is 1. The molecule has 0 aliphatic heterocycles. The molecule has 2 aromatic carbocycles. The number of benzene rings is 2. The van der Waals surface area contributed by atoms with E-state index in [0.717, 1.165) is 33.5 Å². The molecule has 0 spiro atoms. The van der Waals surface area contributed by atoms with Crippen molar-refractivity contribution in [3.8, 4) is 22.8 Å². The van der Waals surface area contributed by atoms with E-state index in [1.807, 2.05) is 62.6 Å². The predicted molar refractivity (Wildman–Crippen MR) is 104 cm³/mol. The van der Waals surface area contributed by atoms with Gasteiger partial charge in [0.2, 0.25) is 5.91 Å². The maximum absolute atomic E-state index is 11.4. The number of pyridine rings is 1. The van der Waals surface area contributed by atoms with Crippen LogP contribution in [0.3, 0.4) is 0 Å². The molecular weight excluding hydrogens is 340 g/mol. The highest BCUT2D eigenvalue weighted by atomic mass is 16.5. The highest BCUT2D eigenvalue weighted by Gasteiger charge is 2.09. The van der Waals surface area contributed by atoms with Crippen LogP contribution in [-0.2, 0) is 7.05 Å². The Bertz CT molecular complexity index is 1160. The van der Waals surface area contributed by atoms with Gasteiger partial charge < -0.3 is 10.5 Å². The fourth-order valence-corrected chi connectivity index (χ4v) is 3.06. The van der Waals surface area contributed by atoms with Crippen molar-refractivity contribution in [2.45, 2.75) is 6.92 Å². The predicted octanol–water partition coefficient (Wildman–Crippen LogP) is 3.83. The standard InChI is InChI=1S/C21H18N4O2/c1-13-9-14(3-5-18(13)21(22)26)20-11-17(7-8-23-20)27-16-4-6-19-15(10-16)12-25(2)24-19/h3-12H,1-2H3,(H2,22,26). The zero-order valence-corrected chi connectivity index (χ0v) is 15.0. The molecule has 2 N–H and O–H groups in total. The summed E-state index contributed by atoms with van der Waals surface area (Å²) in [6, 6.07) is 14.9. The number of nitrogens with zero attached hydrogens (tertiary/aromatic N) is 3. The van der Waals surface area contributed by atoms with E-state index in [2.05, 4.69) is 10.1 Å². The molecule has 6 nitrogen and oxygen atoms in total. The van der Waals surface area contributed by atoms with Crippen molar-refractivity contribution < 1.29 is 9.53 Å². The first-order valence-corrected chi connectivity index (χ1v) is 8.48. The highest BCUT2D eigenvalue weighted by molar-refractivity contribution is 5.94. The molecule has 2 heterocycles. The Morgan fingerprint density at radius 2 is 1.89 bits per heavy atom. The average molecular weight is 358 g/mol. The minimum atomic E-state index is -0.435. The molecule has 0 saturated heterocycles. The SMILES string of the molecule is Cc1cc(-c2cc(Oc3ccc4nn(C)cc4c3)ccn2)ccc1C(N)=O. The Morgan fingerprint density at radius 1 is 1.07 bits per heavy atom. The molecule has 27 heavy (non-hydrogen) atoms. The number of hydrogen-bond acceptors (Lipinski definition) is 4. The maximum Gasteiger partial charge on any atom is 0.248 e. The Labute approximate surface area is 156 Å². The molecule has 6 heteroatoms. The average Bonchev–Trinajstić information content (AvgIpc) is 3.01. The van der Waals surface area contributed by atoms with Gasteiger partial charge in [-0.1, -0.05) is 6.07 Å². The third kappa shape index (κ3) is 3.37. The van der Waals surface area contributed by atoms with E-state index in [9.17, 15) is 4.79 Å². The quantitative estimate of drug-likeness (QED) is 0.601. The minimum absolute atomic E-state index is 0.435. The summed E-state index contributed by atoms with van der Waals surface area (Å²) in [5.74, 6) is 0.975. The van der Waals surface area contributed by atoms with Gasteiger partial charge in [0.1, 0.15) is 11.5 Å². The number of fused-ring (bicyclic) bond motifs is 1. The molecule has 0 aliphatic rings. The Morgan fingerprint density at radius 3 is 2.67 bits per heavy atom. The molecule has 2 aromatic heterocycles. The second kappa shape index (κ2) is 6.57. The lowest BCUT2D eigenvalue weighted by molar-refractivity contribution is 0.0999. The fourth-order valence-electron chi connectivity index (χ4n) is 3.06. The van der Waals surface area contributed by atoms with Crippen LogP contribution in [0.2, 0.25) is 0 Å². The van der Waals surface area contributed by atoms with Crippen molar-refractivity contribution in [2.75, 3.05) is 0 Å². The lowest BCUT2D eigenvalue weighted by atomic mass is 10.0. The Kier molecular flexibility index (Phi) is 4.08. The number of rotatable bonds is 4. The van der Waals surface area contributed by atoms with Crippen molar-refractivity contribution in [3.63, 3.8) is 0 Å². The van der Waals surface area contributed by atoms with Crippen LogP contribution in [0.5, 0.6) is 11.5 Å². The van der Waals surface area contributed by atoms with E-state index < -0.39 is 5.91 Å². The molecule has 0 saturated carbocycles. The van der Waals surface area contributed by atoms with Crippen LogP contribution in [-0.4, -0.2) is 20.7 Å². The first-order chi connectivity index (χ1) is 13.0. The lowest BCUT2D eigenvalue weighted by Gasteiger charge is -2.09. The largest absolute Gasteiger partial charge is 0.457 e. The van der Waals surface area contributed by atoms with Crippen LogP contribution in [0, 0.1) is 6.92 Å². The third-order valence-electron chi connectivity index (χ3n) is 4.35. The normalized spacial score (nSPS) is 10.9. The van der Waals surface area contributed by atoms with E-state index in [0.29, 0.717) is 11.3 Å². The van der Waals surface area contributed by atoms with Crippen LogP contribution in [0.15, 0.2) is 60.9 Å². The first kappa shape index (κ1) is 16.8. The van der Waals surface area contributed by atoms with Crippen molar-refractivity contribution >= 4 is 16.8 Å². The van der Waals surface area contributed by atoms with Crippen LogP contribution in [0.1, 0.15) is 15.9 Å². The zero-order chi connectivity index (χ0) is 19.0. The first-order valence-electron chi connectivity index (χ1n) is 8.48. The van der Waals surface area contributed by atoms with Crippen molar-refractivity contribution in [3.05, 3.63) is 72.1 Å². The summed E-state index contributed by atoms with van der Waals surface area (Å²) in [6.07, 6.45) is 3.65. The molecule has 0 unspecified atom stereocenters. The van der Waals surface area contributed by atoms with Crippen LogP contribution < -0.4 is 10.5 Å². The molecule has 134 valence electrons. The molecule has 0 fully saturated rings. The summed E-state index contributed by atoms with van der Waals surface area (Å²) in [5, 5.41) is 5.38. The van der Waals surface area contributed by atoms with E-state index in [1.54, 1.807) is 16.9 Å². The summed E-state index contributed by atoms with van der Waals surface area (Å²) in [5.41, 5.74) is 9.27. The zero-order valence-electron chi connectivity index (χ0n) is 15.0. The van der Waals surface area contributed by atoms with Crippen molar-refractivity contribution in [1.82, 2.24) is 14.8 Å². The number of carbonyl (C=O) groups is 1.